The predicted molar refractivity (Wildman–Crippen MR) is 416 cm³/mol. The number of hydrogen-bond donors (Lipinski definition) is 0. The van der Waals surface area contributed by atoms with E-state index in [4.69, 9.17) is 19.4 Å². The molecule has 14 aromatic carbocycles. The van der Waals surface area contributed by atoms with Gasteiger partial charge in [-0.3, -0.25) is 9.13 Å². The summed E-state index contributed by atoms with van der Waals surface area (Å²) in [6, 6.07) is 109. The van der Waals surface area contributed by atoms with Crippen molar-refractivity contribution in [2.45, 2.75) is 38.5 Å². The van der Waals surface area contributed by atoms with Gasteiger partial charge in [-0.15, -0.1) is 0 Å². The Morgan fingerprint density at radius 2 is 0.663 bits per heavy atom. The molecule has 0 amide bonds. The van der Waals surface area contributed by atoms with E-state index in [1.54, 1.807) is 0 Å². The molecule has 0 atom stereocenters. The molecule has 6 heterocycles. The molecule has 0 radical (unpaired) electrons. The fourth-order valence-corrected chi connectivity index (χ4v) is 17.8. The maximum absolute atomic E-state index is 6.29. The minimum atomic E-state index is -0.412. The van der Waals surface area contributed by atoms with Crippen molar-refractivity contribution in [2.24, 2.45) is 0 Å². The lowest BCUT2D eigenvalue weighted by atomic mass is 9.82. The minimum absolute atomic E-state index is 0.233. The summed E-state index contributed by atoms with van der Waals surface area (Å²) < 4.78 is 15.7. The molecule has 0 aliphatic heterocycles. The quantitative estimate of drug-likeness (QED) is 0.159. The fraction of sp³-hybridized carbons (Fsp3) is 0.0645. The van der Waals surface area contributed by atoms with Crippen molar-refractivity contribution in [2.75, 3.05) is 0 Å². The molecule has 20 aromatic rings. The smallest absolute Gasteiger partial charge is 0.240 e. The van der Waals surface area contributed by atoms with Gasteiger partial charge in [0.2, 0.25) is 11.9 Å². The third kappa shape index (κ3) is 7.87. The van der Waals surface area contributed by atoms with Crippen molar-refractivity contribution in [3.05, 3.63) is 320 Å². The van der Waals surface area contributed by atoms with E-state index in [-0.39, 0.29) is 5.41 Å². The molecule has 8 nitrogen and oxygen atoms in total. The van der Waals surface area contributed by atoms with E-state index in [9.17, 15) is 0 Å². The molecule has 0 spiro atoms. The summed E-state index contributed by atoms with van der Waals surface area (Å²) in [5.74, 6) is 1.67. The zero-order valence-corrected chi connectivity index (χ0v) is 55.8. The van der Waals surface area contributed by atoms with Crippen LogP contribution in [0.2, 0.25) is 0 Å². The van der Waals surface area contributed by atoms with E-state index in [0.29, 0.717) is 17.7 Å². The highest BCUT2D eigenvalue weighted by atomic mass is 16.3. The number of nitrogens with zero attached hydrogens (tertiary/aromatic N) is 7. The Kier molecular flexibility index (Phi) is 11.3. The first-order valence-electron chi connectivity index (χ1n) is 34.9. The third-order valence-corrected chi connectivity index (χ3v) is 22.6. The van der Waals surface area contributed by atoms with Crippen molar-refractivity contribution in [3.8, 4) is 79.2 Å². The Balaban J connectivity index is 0.703. The summed E-state index contributed by atoms with van der Waals surface area (Å²) in [7, 11) is 0. The zero-order valence-electron chi connectivity index (χ0n) is 55.8. The molecule has 0 saturated heterocycles. The molecule has 8 heteroatoms. The highest BCUT2D eigenvalue weighted by Gasteiger charge is 2.39. The van der Waals surface area contributed by atoms with Gasteiger partial charge in [-0.05, 0) is 182 Å². The van der Waals surface area contributed by atoms with Gasteiger partial charge in [-0.1, -0.05) is 210 Å². The van der Waals surface area contributed by atoms with Crippen LogP contribution in [0.25, 0.3) is 188 Å². The zero-order chi connectivity index (χ0) is 66.7. The molecule has 6 aromatic heterocycles. The lowest BCUT2D eigenvalue weighted by molar-refractivity contribution is 0.660. The van der Waals surface area contributed by atoms with Gasteiger partial charge in [-0.25, -0.2) is 0 Å². The summed E-state index contributed by atoms with van der Waals surface area (Å²) >= 11 is 0. The van der Waals surface area contributed by atoms with Gasteiger partial charge in [0.1, 0.15) is 11.2 Å². The first-order chi connectivity index (χ1) is 49.6. The molecule has 2 aliphatic carbocycles. The SMILES string of the molecule is CC1(C)c2cc(-c3nc(-n4c5ccccc5c5cc(-c6ccc7oc8ccccc8c7c6)ccc54)nc(-n4c5ccccc5c5cc6c(cc54)C(C)(C)c4ccccc4-6)n3)ccc2-c2ccc(-n3c4ccccc4c4ccc(-c5ccc6c(c5)c5ccccc5n6-c5ccccc5)cc43)cc21. The molecule has 0 bridgehead atoms. The third-order valence-electron chi connectivity index (χ3n) is 22.6. The van der Waals surface area contributed by atoms with Gasteiger partial charge >= 0.3 is 0 Å². The van der Waals surface area contributed by atoms with Gasteiger partial charge < -0.3 is 13.6 Å². The van der Waals surface area contributed by atoms with Crippen LogP contribution in [0.15, 0.2) is 302 Å². The van der Waals surface area contributed by atoms with Gasteiger partial charge in [0.25, 0.3) is 0 Å². The van der Waals surface area contributed by atoms with Crippen LogP contribution in [0.1, 0.15) is 49.9 Å². The Labute approximate surface area is 580 Å². The van der Waals surface area contributed by atoms with Crippen molar-refractivity contribution in [3.63, 3.8) is 0 Å². The van der Waals surface area contributed by atoms with Crippen molar-refractivity contribution >= 4 is 109 Å². The first-order valence-corrected chi connectivity index (χ1v) is 34.9. The van der Waals surface area contributed by atoms with Crippen molar-refractivity contribution in [1.29, 1.82) is 0 Å². The van der Waals surface area contributed by atoms with E-state index in [1.165, 1.54) is 99.2 Å². The summed E-state index contributed by atoms with van der Waals surface area (Å²) in [5.41, 5.74) is 27.8. The van der Waals surface area contributed by atoms with Gasteiger partial charge in [-0.2, -0.15) is 15.0 Å². The first kappa shape index (κ1) is 56.1. The number of rotatable bonds is 7. The lowest BCUT2D eigenvalue weighted by Gasteiger charge is -2.23. The van der Waals surface area contributed by atoms with Crippen LogP contribution >= 0.6 is 0 Å². The molecule has 2 aliphatic rings. The molecular formula is C93H61N7O. The highest BCUT2D eigenvalue weighted by molar-refractivity contribution is 6.15. The van der Waals surface area contributed by atoms with E-state index >= 15 is 0 Å². The van der Waals surface area contributed by atoms with Crippen LogP contribution < -0.4 is 0 Å². The molecule has 0 saturated carbocycles. The molecule has 101 heavy (non-hydrogen) atoms. The van der Waals surface area contributed by atoms with E-state index < -0.39 is 5.41 Å². The molecular weight excluding hydrogens is 1230 g/mol. The van der Waals surface area contributed by atoms with Crippen LogP contribution in [0, 0.1) is 0 Å². The van der Waals surface area contributed by atoms with Gasteiger partial charge in [0.05, 0.1) is 44.1 Å². The number of benzene rings is 14. The van der Waals surface area contributed by atoms with Crippen molar-refractivity contribution in [1.82, 2.24) is 33.2 Å². The van der Waals surface area contributed by atoms with Crippen LogP contribution in [-0.2, 0) is 10.8 Å². The highest BCUT2D eigenvalue weighted by Crippen LogP contribution is 2.53. The number of furan rings is 1. The number of fused-ring (bicyclic) bond motifs is 21. The van der Waals surface area contributed by atoms with Crippen molar-refractivity contribution < 1.29 is 4.42 Å². The standard InChI is InChI=1S/C93H61N7O/c1-92(2)75-28-14-8-22-61(75)70-52-73-67-26-12-18-32-82(67)100(86(73)53-78(70)92)91-95-89(94-90(96-91)99-81-31-17-11-25-66(81)72-46-54(37-44-84(72)99)56-38-45-88-74(48-56)69-27-13-19-33-87(69)101-88)58-35-40-62-63-42-39-60(51-77(63)93(3,4)76(62)49-58)98-79-29-15-9-23-64(79)68-41-34-57(50-85(68)98)55-36-43-83-71(47-55)65-24-10-16-30-80(65)97(83)59-20-6-5-7-21-59/h5-53H,1-4H3. The monoisotopic (exact) mass is 1290 g/mol. The van der Waals surface area contributed by atoms with Gasteiger partial charge in [0.15, 0.2) is 5.82 Å². The fourth-order valence-electron chi connectivity index (χ4n) is 17.8. The maximum atomic E-state index is 6.29. The number of hydrogen-bond acceptors (Lipinski definition) is 4. The maximum Gasteiger partial charge on any atom is 0.240 e. The molecule has 0 fully saturated rings. The topological polar surface area (TPSA) is 71.5 Å². The average molecular weight is 1290 g/mol. The van der Waals surface area contributed by atoms with E-state index in [0.717, 1.165) is 93.6 Å². The number of para-hydroxylation sites is 6. The number of aromatic nitrogens is 7. The molecule has 474 valence electrons. The summed E-state index contributed by atoms with van der Waals surface area (Å²) in [6.07, 6.45) is 0. The second-order valence-electron chi connectivity index (χ2n) is 28.7. The average Bonchev–Trinajstić information content (AvgIpc) is 1.55. The Hall–Kier alpha value is -12.9. The molecule has 0 N–H and O–H groups in total. The Bertz CT molecular complexity index is 7030. The van der Waals surface area contributed by atoms with Crippen LogP contribution in [0.5, 0.6) is 0 Å². The van der Waals surface area contributed by atoms with E-state index in [2.05, 4.69) is 331 Å². The largest absolute Gasteiger partial charge is 0.456 e. The molecule has 22 rings (SSSR count). The Morgan fingerprint density at radius 3 is 1.35 bits per heavy atom. The van der Waals surface area contributed by atoms with Crippen LogP contribution in [0.3, 0.4) is 0 Å². The molecule has 0 unspecified atom stereocenters. The second kappa shape index (κ2) is 20.4. The lowest BCUT2D eigenvalue weighted by Crippen LogP contribution is -2.16. The van der Waals surface area contributed by atoms with Crippen LogP contribution in [-0.4, -0.2) is 33.2 Å². The normalized spacial score (nSPS) is 13.7. The Morgan fingerprint density at radius 1 is 0.238 bits per heavy atom. The second-order valence-corrected chi connectivity index (χ2v) is 28.7. The van der Waals surface area contributed by atoms with E-state index in [1.807, 2.05) is 12.1 Å². The summed E-state index contributed by atoms with van der Waals surface area (Å²) in [5, 5.41) is 11.6. The summed E-state index contributed by atoms with van der Waals surface area (Å²) in [6.45, 7) is 9.46. The predicted octanol–water partition coefficient (Wildman–Crippen LogP) is 23.8. The van der Waals surface area contributed by atoms with Crippen LogP contribution in [0.4, 0.5) is 0 Å². The van der Waals surface area contributed by atoms with Gasteiger partial charge in [0, 0.05) is 81.6 Å². The minimum Gasteiger partial charge on any atom is -0.456 e. The summed E-state index contributed by atoms with van der Waals surface area (Å²) in [4.78, 5) is 17.1.